The summed E-state index contributed by atoms with van der Waals surface area (Å²) in [4.78, 5) is 11.5. The minimum absolute atomic E-state index is 0.0345. The maximum Gasteiger partial charge on any atom is 0.258 e. The molecule has 0 heterocycles. The van der Waals surface area contributed by atoms with Gasteiger partial charge in [0.1, 0.15) is 5.75 Å². The van der Waals surface area contributed by atoms with E-state index in [1.165, 1.54) is 0 Å². The summed E-state index contributed by atoms with van der Waals surface area (Å²) in [5, 5.41) is 2.85. The van der Waals surface area contributed by atoms with Crippen molar-refractivity contribution in [2.75, 3.05) is 6.61 Å². The van der Waals surface area contributed by atoms with Gasteiger partial charge in [-0.3, -0.25) is 4.79 Å². The lowest BCUT2D eigenvalue weighted by atomic mass is 10.1. The Hall–Kier alpha value is -1.55. The molecule has 0 radical (unpaired) electrons. The molecular formula is C14H22N2O2. The number of nitrogens with two attached hydrogens (primary N) is 1. The van der Waals surface area contributed by atoms with Crippen LogP contribution < -0.4 is 15.8 Å². The van der Waals surface area contributed by atoms with Crippen molar-refractivity contribution in [3.63, 3.8) is 0 Å². The number of rotatable bonds is 6. The van der Waals surface area contributed by atoms with Crippen LogP contribution in [-0.2, 0) is 4.79 Å². The third-order valence-electron chi connectivity index (χ3n) is 2.77. The molecule has 0 aliphatic carbocycles. The van der Waals surface area contributed by atoms with Crippen LogP contribution in [0.1, 0.15) is 38.8 Å². The van der Waals surface area contributed by atoms with Gasteiger partial charge in [-0.15, -0.1) is 0 Å². The average Bonchev–Trinajstić information content (AvgIpc) is 2.36. The van der Waals surface area contributed by atoms with Crippen molar-refractivity contribution in [2.45, 2.75) is 39.3 Å². The quantitative estimate of drug-likeness (QED) is 0.811. The summed E-state index contributed by atoms with van der Waals surface area (Å²) < 4.78 is 5.44. The van der Waals surface area contributed by atoms with E-state index in [0.29, 0.717) is 5.75 Å². The monoisotopic (exact) mass is 250 g/mol. The Kier molecular flexibility index (Phi) is 5.65. The Morgan fingerprint density at radius 1 is 1.44 bits per heavy atom. The predicted molar refractivity (Wildman–Crippen MR) is 72.4 cm³/mol. The van der Waals surface area contributed by atoms with Crippen molar-refractivity contribution < 1.29 is 9.53 Å². The normalized spacial score (nSPS) is 13.8. The third kappa shape index (κ3) is 4.75. The Bertz CT molecular complexity index is 391. The first kappa shape index (κ1) is 14.5. The maximum absolute atomic E-state index is 11.5. The maximum atomic E-state index is 11.5. The summed E-state index contributed by atoms with van der Waals surface area (Å²) in [6.07, 6.45) is 0.909. The molecule has 0 aromatic heterocycles. The van der Waals surface area contributed by atoms with E-state index in [1.807, 2.05) is 45.0 Å². The third-order valence-corrected chi connectivity index (χ3v) is 2.77. The molecule has 1 aromatic carbocycles. The summed E-state index contributed by atoms with van der Waals surface area (Å²) >= 11 is 0. The highest BCUT2D eigenvalue weighted by Gasteiger charge is 2.07. The first-order valence-corrected chi connectivity index (χ1v) is 6.30. The number of ether oxygens (including phenoxy) is 1. The molecular weight excluding hydrogens is 228 g/mol. The number of amides is 1. The molecule has 100 valence electrons. The van der Waals surface area contributed by atoms with Gasteiger partial charge in [0, 0.05) is 12.1 Å². The molecule has 4 heteroatoms. The number of carbonyl (C=O) groups excluding carboxylic acids is 1. The van der Waals surface area contributed by atoms with Gasteiger partial charge in [-0.05, 0) is 38.0 Å². The molecule has 1 aromatic rings. The number of carbonyl (C=O) groups is 1. The Morgan fingerprint density at radius 2 is 2.17 bits per heavy atom. The standard InChI is InChI=1S/C14H22N2O2/c1-4-10(2)16-14(17)9-18-13-7-5-6-12(8-13)11(3)15/h5-8,10-11H,4,9,15H2,1-3H3,(H,16,17). The van der Waals surface area contributed by atoms with Gasteiger partial charge in [-0.1, -0.05) is 19.1 Å². The van der Waals surface area contributed by atoms with Crippen molar-refractivity contribution >= 4 is 5.91 Å². The lowest BCUT2D eigenvalue weighted by Gasteiger charge is -2.13. The van der Waals surface area contributed by atoms with E-state index in [-0.39, 0.29) is 24.6 Å². The lowest BCUT2D eigenvalue weighted by molar-refractivity contribution is -0.123. The van der Waals surface area contributed by atoms with E-state index in [4.69, 9.17) is 10.5 Å². The zero-order valence-electron chi connectivity index (χ0n) is 11.3. The largest absolute Gasteiger partial charge is 0.484 e. The van der Waals surface area contributed by atoms with Gasteiger partial charge in [-0.25, -0.2) is 0 Å². The molecule has 0 spiro atoms. The molecule has 0 saturated heterocycles. The minimum Gasteiger partial charge on any atom is -0.484 e. The van der Waals surface area contributed by atoms with Crippen LogP contribution in [-0.4, -0.2) is 18.6 Å². The van der Waals surface area contributed by atoms with Crippen LogP contribution in [0.5, 0.6) is 5.75 Å². The molecule has 0 aliphatic heterocycles. The summed E-state index contributed by atoms with van der Waals surface area (Å²) in [5.74, 6) is 0.569. The molecule has 0 saturated carbocycles. The van der Waals surface area contributed by atoms with Gasteiger partial charge in [0.2, 0.25) is 0 Å². The number of hydrogen-bond donors (Lipinski definition) is 2. The van der Waals surface area contributed by atoms with Gasteiger partial charge in [0.05, 0.1) is 0 Å². The summed E-state index contributed by atoms with van der Waals surface area (Å²) in [5.41, 5.74) is 6.78. The molecule has 2 unspecified atom stereocenters. The first-order chi connectivity index (χ1) is 8.52. The van der Waals surface area contributed by atoms with Crippen molar-refractivity contribution in [2.24, 2.45) is 5.73 Å². The molecule has 4 nitrogen and oxygen atoms in total. The molecule has 0 aliphatic rings. The van der Waals surface area contributed by atoms with E-state index in [2.05, 4.69) is 5.32 Å². The zero-order chi connectivity index (χ0) is 13.5. The van der Waals surface area contributed by atoms with Crippen molar-refractivity contribution in [3.05, 3.63) is 29.8 Å². The highest BCUT2D eigenvalue weighted by atomic mass is 16.5. The topological polar surface area (TPSA) is 64.3 Å². The van der Waals surface area contributed by atoms with Crippen LogP contribution in [0.25, 0.3) is 0 Å². The van der Waals surface area contributed by atoms with Gasteiger partial charge < -0.3 is 15.8 Å². The Morgan fingerprint density at radius 3 is 2.78 bits per heavy atom. The molecule has 3 N–H and O–H groups in total. The predicted octanol–water partition coefficient (Wildman–Crippen LogP) is 2.00. The van der Waals surface area contributed by atoms with Crippen LogP contribution in [0.15, 0.2) is 24.3 Å². The van der Waals surface area contributed by atoms with Crippen LogP contribution in [0.2, 0.25) is 0 Å². The van der Waals surface area contributed by atoms with Crippen LogP contribution in [0.4, 0.5) is 0 Å². The van der Waals surface area contributed by atoms with Crippen LogP contribution in [0, 0.1) is 0 Å². The molecule has 1 rings (SSSR count). The lowest BCUT2D eigenvalue weighted by Crippen LogP contribution is -2.35. The fourth-order valence-corrected chi connectivity index (χ4v) is 1.45. The van der Waals surface area contributed by atoms with Gasteiger partial charge >= 0.3 is 0 Å². The highest BCUT2D eigenvalue weighted by molar-refractivity contribution is 5.77. The average molecular weight is 250 g/mol. The van der Waals surface area contributed by atoms with E-state index in [9.17, 15) is 4.79 Å². The van der Waals surface area contributed by atoms with E-state index >= 15 is 0 Å². The van der Waals surface area contributed by atoms with Gasteiger partial charge in [0.15, 0.2) is 6.61 Å². The summed E-state index contributed by atoms with van der Waals surface area (Å²) in [6.45, 7) is 5.94. The molecule has 1 amide bonds. The zero-order valence-corrected chi connectivity index (χ0v) is 11.3. The minimum atomic E-state index is -0.101. The summed E-state index contributed by atoms with van der Waals surface area (Å²) in [7, 11) is 0. The fraction of sp³-hybridized carbons (Fsp3) is 0.500. The SMILES string of the molecule is CCC(C)NC(=O)COc1cccc(C(C)N)c1. The first-order valence-electron chi connectivity index (χ1n) is 6.30. The Labute approximate surface area is 109 Å². The molecule has 2 atom stereocenters. The van der Waals surface area contributed by atoms with Crippen molar-refractivity contribution in [1.82, 2.24) is 5.32 Å². The van der Waals surface area contributed by atoms with E-state index < -0.39 is 0 Å². The second kappa shape index (κ2) is 7.01. The molecule has 0 fully saturated rings. The summed E-state index contributed by atoms with van der Waals surface area (Å²) in [6, 6.07) is 7.64. The Balaban J connectivity index is 2.48. The second-order valence-corrected chi connectivity index (χ2v) is 4.53. The van der Waals surface area contributed by atoms with Crippen LogP contribution >= 0.6 is 0 Å². The van der Waals surface area contributed by atoms with E-state index in [1.54, 1.807) is 0 Å². The van der Waals surface area contributed by atoms with Crippen molar-refractivity contribution in [1.29, 1.82) is 0 Å². The molecule has 18 heavy (non-hydrogen) atoms. The van der Waals surface area contributed by atoms with Gasteiger partial charge in [-0.2, -0.15) is 0 Å². The van der Waals surface area contributed by atoms with Crippen molar-refractivity contribution in [3.8, 4) is 5.75 Å². The fourth-order valence-electron chi connectivity index (χ4n) is 1.45. The number of nitrogens with one attached hydrogen (secondary N) is 1. The van der Waals surface area contributed by atoms with Gasteiger partial charge in [0.25, 0.3) is 5.91 Å². The number of hydrogen-bond acceptors (Lipinski definition) is 3. The second-order valence-electron chi connectivity index (χ2n) is 4.53. The molecule has 0 bridgehead atoms. The van der Waals surface area contributed by atoms with Crippen LogP contribution in [0.3, 0.4) is 0 Å². The number of benzene rings is 1. The van der Waals surface area contributed by atoms with E-state index in [0.717, 1.165) is 12.0 Å². The highest BCUT2D eigenvalue weighted by Crippen LogP contribution is 2.17. The smallest absolute Gasteiger partial charge is 0.258 e.